The van der Waals surface area contributed by atoms with Crippen LogP contribution in [-0.4, -0.2) is 22.2 Å². The predicted octanol–water partition coefficient (Wildman–Crippen LogP) is 4.30. The van der Waals surface area contributed by atoms with Gasteiger partial charge < -0.3 is 10.1 Å². The van der Waals surface area contributed by atoms with E-state index < -0.39 is 5.69 Å². The second-order valence-electron chi connectivity index (χ2n) is 8.70. The number of nitrogens with one attached hydrogen (secondary N) is 1. The maximum absolute atomic E-state index is 13.7. The molecule has 5 rings (SSSR count). The number of amides is 1. The molecular formula is C27H27N3O4S. The lowest BCUT2D eigenvalue weighted by molar-refractivity contribution is -0.116. The number of fused-ring (bicyclic) bond motifs is 3. The zero-order chi connectivity index (χ0) is 24.5. The van der Waals surface area contributed by atoms with Crippen LogP contribution in [0.1, 0.15) is 35.8 Å². The number of thiophene rings is 1. The van der Waals surface area contributed by atoms with Crippen molar-refractivity contribution >= 4 is 33.1 Å². The molecule has 0 bridgehead atoms. The molecule has 180 valence electrons. The number of aromatic nitrogens is 2. The molecule has 1 N–H and O–H groups in total. The van der Waals surface area contributed by atoms with Crippen LogP contribution in [-0.2, 0) is 30.6 Å². The van der Waals surface area contributed by atoms with Crippen molar-refractivity contribution in [3.63, 3.8) is 0 Å². The van der Waals surface area contributed by atoms with E-state index in [4.69, 9.17) is 4.74 Å². The topological polar surface area (TPSA) is 82.3 Å². The molecule has 0 atom stereocenters. The summed E-state index contributed by atoms with van der Waals surface area (Å²) in [6, 6.07) is 14.5. The molecule has 1 aliphatic carbocycles. The van der Waals surface area contributed by atoms with Crippen LogP contribution in [0.25, 0.3) is 15.9 Å². The number of benzene rings is 2. The van der Waals surface area contributed by atoms with Gasteiger partial charge in [-0.05, 0) is 79.6 Å². The molecule has 0 aliphatic heterocycles. The number of hydrogen-bond acceptors (Lipinski definition) is 5. The number of anilines is 1. The first-order valence-corrected chi connectivity index (χ1v) is 12.6. The van der Waals surface area contributed by atoms with Gasteiger partial charge in [0.05, 0.1) is 18.2 Å². The second kappa shape index (κ2) is 9.54. The minimum atomic E-state index is -0.525. The van der Waals surface area contributed by atoms with Crippen molar-refractivity contribution in [2.24, 2.45) is 0 Å². The highest BCUT2D eigenvalue weighted by Crippen LogP contribution is 2.34. The lowest BCUT2D eigenvalue weighted by atomic mass is 9.97. The van der Waals surface area contributed by atoms with Crippen LogP contribution < -0.4 is 21.3 Å². The van der Waals surface area contributed by atoms with Crippen LogP contribution in [0.15, 0.2) is 58.1 Å². The standard InChI is InChI=1S/C27H27N3O4S/c1-3-17-8-10-18(11-9-17)28-23(31)16-29-26-24(21-6-4-5-7-22(21)35-26)25(32)30(27(29)33)19-12-14-20(34-2)15-13-19/h8-15H,3-7,16H2,1-2H3,(H,28,31). The third-order valence-electron chi connectivity index (χ3n) is 6.52. The summed E-state index contributed by atoms with van der Waals surface area (Å²) in [7, 11) is 1.56. The van der Waals surface area contributed by atoms with Crippen LogP contribution in [0.4, 0.5) is 5.69 Å². The van der Waals surface area contributed by atoms with Crippen LogP contribution >= 0.6 is 11.3 Å². The summed E-state index contributed by atoms with van der Waals surface area (Å²) in [6.07, 6.45) is 4.68. The fraction of sp³-hybridized carbons (Fsp3) is 0.296. The van der Waals surface area contributed by atoms with Crippen molar-refractivity contribution in [2.75, 3.05) is 12.4 Å². The number of aryl methyl sites for hydroxylation is 3. The summed E-state index contributed by atoms with van der Waals surface area (Å²) in [6.45, 7) is 1.89. The minimum absolute atomic E-state index is 0.180. The van der Waals surface area contributed by atoms with Gasteiger partial charge >= 0.3 is 5.69 Å². The number of ether oxygens (including phenoxy) is 1. The fourth-order valence-electron chi connectivity index (χ4n) is 4.63. The van der Waals surface area contributed by atoms with E-state index in [1.807, 2.05) is 24.3 Å². The van der Waals surface area contributed by atoms with Crippen molar-refractivity contribution in [1.82, 2.24) is 9.13 Å². The zero-order valence-corrected chi connectivity index (χ0v) is 20.6. The van der Waals surface area contributed by atoms with Crippen LogP contribution in [0, 0.1) is 0 Å². The molecule has 0 radical (unpaired) electrons. The number of carbonyl (C=O) groups excluding carboxylic acids is 1. The number of hydrogen-bond donors (Lipinski definition) is 1. The molecule has 2 heterocycles. The maximum Gasteiger partial charge on any atom is 0.337 e. The van der Waals surface area contributed by atoms with Crippen molar-refractivity contribution in [2.45, 2.75) is 45.6 Å². The summed E-state index contributed by atoms with van der Waals surface area (Å²) >= 11 is 1.47. The van der Waals surface area contributed by atoms with Gasteiger partial charge in [-0.1, -0.05) is 19.1 Å². The van der Waals surface area contributed by atoms with E-state index in [-0.39, 0.29) is 18.0 Å². The van der Waals surface area contributed by atoms with Gasteiger partial charge in [0.25, 0.3) is 5.56 Å². The molecule has 35 heavy (non-hydrogen) atoms. The Kier molecular flexibility index (Phi) is 6.30. The highest BCUT2D eigenvalue weighted by atomic mass is 32.1. The Morgan fingerprint density at radius 3 is 2.43 bits per heavy atom. The van der Waals surface area contributed by atoms with Gasteiger partial charge in [0.1, 0.15) is 17.1 Å². The van der Waals surface area contributed by atoms with Gasteiger partial charge in [-0.25, -0.2) is 9.36 Å². The van der Waals surface area contributed by atoms with Gasteiger partial charge in [-0.3, -0.25) is 14.2 Å². The first-order chi connectivity index (χ1) is 17.0. The first-order valence-electron chi connectivity index (χ1n) is 11.8. The Balaban J connectivity index is 1.62. The molecule has 4 aromatic rings. The molecule has 2 aromatic heterocycles. The van der Waals surface area contributed by atoms with Gasteiger partial charge in [0.2, 0.25) is 5.91 Å². The molecular weight excluding hydrogens is 462 g/mol. The van der Waals surface area contributed by atoms with Crippen LogP contribution in [0.5, 0.6) is 5.75 Å². The van der Waals surface area contributed by atoms with Crippen molar-refractivity contribution in [1.29, 1.82) is 0 Å². The van der Waals surface area contributed by atoms with Gasteiger partial charge in [0, 0.05) is 10.6 Å². The lowest BCUT2D eigenvalue weighted by Gasteiger charge is -2.14. The fourth-order valence-corrected chi connectivity index (χ4v) is 6.01. The van der Waals surface area contributed by atoms with Crippen molar-refractivity contribution < 1.29 is 9.53 Å². The summed E-state index contributed by atoms with van der Waals surface area (Å²) in [5.41, 5.74) is 2.46. The molecule has 0 saturated carbocycles. The van der Waals surface area contributed by atoms with Gasteiger partial charge in [-0.15, -0.1) is 11.3 Å². The second-order valence-corrected chi connectivity index (χ2v) is 9.78. The Morgan fingerprint density at radius 2 is 1.74 bits per heavy atom. The van der Waals surface area contributed by atoms with Crippen LogP contribution in [0.3, 0.4) is 0 Å². The summed E-state index contributed by atoms with van der Waals surface area (Å²) in [5.74, 6) is 0.313. The van der Waals surface area contributed by atoms with Crippen molar-refractivity contribution in [3.8, 4) is 11.4 Å². The molecule has 1 amide bonds. The minimum Gasteiger partial charge on any atom is -0.497 e. The quantitative estimate of drug-likeness (QED) is 0.438. The Morgan fingerprint density at radius 1 is 1.03 bits per heavy atom. The molecule has 0 unspecified atom stereocenters. The monoisotopic (exact) mass is 489 g/mol. The van der Waals surface area contributed by atoms with Crippen LogP contribution in [0.2, 0.25) is 0 Å². The summed E-state index contributed by atoms with van der Waals surface area (Å²) in [4.78, 5) is 42.1. The zero-order valence-electron chi connectivity index (χ0n) is 19.8. The van der Waals surface area contributed by atoms with E-state index in [0.29, 0.717) is 27.3 Å². The summed E-state index contributed by atoms with van der Waals surface area (Å²) < 4.78 is 7.84. The average Bonchev–Trinajstić information content (AvgIpc) is 3.27. The SMILES string of the molecule is CCc1ccc(NC(=O)Cn2c(=O)n(-c3ccc(OC)cc3)c(=O)c3c4c(sc32)CCCC4)cc1. The van der Waals surface area contributed by atoms with E-state index in [2.05, 4.69) is 12.2 Å². The number of carbonyl (C=O) groups is 1. The van der Waals surface area contributed by atoms with E-state index in [9.17, 15) is 14.4 Å². The number of methoxy groups -OCH3 is 1. The summed E-state index contributed by atoms with van der Waals surface area (Å²) in [5, 5.41) is 3.44. The molecule has 0 spiro atoms. The Bertz CT molecular complexity index is 1510. The lowest BCUT2D eigenvalue weighted by Crippen LogP contribution is -2.40. The van der Waals surface area contributed by atoms with E-state index in [0.717, 1.165) is 42.5 Å². The third kappa shape index (κ3) is 4.30. The molecule has 0 fully saturated rings. The molecule has 1 aliphatic rings. The highest BCUT2D eigenvalue weighted by Gasteiger charge is 2.25. The molecule has 2 aromatic carbocycles. The number of rotatable bonds is 6. The normalized spacial score (nSPS) is 13.0. The Labute approximate surface area is 206 Å². The molecule has 7 nitrogen and oxygen atoms in total. The van der Waals surface area contributed by atoms with Crippen molar-refractivity contribution in [3.05, 3.63) is 85.4 Å². The average molecular weight is 490 g/mol. The highest BCUT2D eigenvalue weighted by molar-refractivity contribution is 7.18. The largest absolute Gasteiger partial charge is 0.497 e. The third-order valence-corrected chi connectivity index (χ3v) is 7.83. The van der Waals surface area contributed by atoms with Gasteiger partial charge in [0.15, 0.2) is 0 Å². The van der Waals surface area contributed by atoms with E-state index >= 15 is 0 Å². The molecule has 0 saturated heterocycles. The Hall–Kier alpha value is -3.65. The first kappa shape index (κ1) is 23.1. The number of nitrogens with zero attached hydrogens (tertiary/aromatic N) is 2. The smallest absolute Gasteiger partial charge is 0.337 e. The maximum atomic E-state index is 13.7. The van der Waals surface area contributed by atoms with Gasteiger partial charge in [-0.2, -0.15) is 0 Å². The predicted molar refractivity (Wildman–Crippen MR) is 139 cm³/mol. The molecule has 8 heteroatoms. The van der Waals surface area contributed by atoms with E-state index in [1.54, 1.807) is 31.4 Å². The van der Waals surface area contributed by atoms with E-state index in [1.165, 1.54) is 26.0 Å².